The molecule has 0 saturated heterocycles. The van der Waals surface area contributed by atoms with E-state index < -0.39 is 0 Å². The summed E-state index contributed by atoms with van der Waals surface area (Å²) in [7, 11) is 2.16. The van der Waals surface area contributed by atoms with E-state index in [4.69, 9.17) is 0 Å². The molecule has 2 aromatic heterocycles. The average molecular weight is 296 g/mol. The van der Waals surface area contributed by atoms with Gasteiger partial charge in [0.25, 0.3) is 0 Å². The first kappa shape index (κ1) is 12.5. The number of benzene rings is 3. The predicted molar refractivity (Wildman–Crippen MR) is 97.3 cm³/mol. The lowest BCUT2D eigenvalue weighted by Crippen LogP contribution is -1.98. The zero-order valence-corrected chi connectivity index (χ0v) is 12.9. The molecule has 0 atom stereocenters. The molecule has 0 fully saturated rings. The van der Waals surface area contributed by atoms with E-state index in [9.17, 15) is 0 Å². The Kier molecular flexibility index (Phi) is 2.45. The second-order valence-electron chi connectivity index (χ2n) is 5.96. The van der Waals surface area contributed by atoms with Gasteiger partial charge in [0.2, 0.25) is 0 Å². The quantitative estimate of drug-likeness (QED) is 0.398. The first-order valence-corrected chi connectivity index (χ1v) is 7.88. The summed E-state index contributed by atoms with van der Waals surface area (Å²) >= 11 is 0. The summed E-state index contributed by atoms with van der Waals surface area (Å²) in [6.45, 7) is 0. The van der Waals surface area contributed by atoms with Gasteiger partial charge in [-0.05, 0) is 24.3 Å². The molecular formula is C21H16N2. The molecule has 2 heterocycles. The Morgan fingerprint density at radius 1 is 0.609 bits per heavy atom. The first-order chi connectivity index (χ1) is 11.4. The molecule has 0 amide bonds. The van der Waals surface area contributed by atoms with Gasteiger partial charge < -0.3 is 4.57 Å². The van der Waals surface area contributed by atoms with Gasteiger partial charge in [-0.3, -0.25) is 4.57 Å². The van der Waals surface area contributed by atoms with Gasteiger partial charge in [0, 0.05) is 28.9 Å². The van der Waals surface area contributed by atoms with E-state index in [1.54, 1.807) is 0 Å². The van der Waals surface area contributed by atoms with Crippen LogP contribution in [0.3, 0.4) is 0 Å². The maximum absolute atomic E-state index is 2.37. The van der Waals surface area contributed by atoms with Gasteiger partial charge in [0.15, 0.2) is 0 Å². The highest BCUT2D eigenvalue weighted by Crippen LogP contribution is 2.38. The van der Waals surface area contributed by atoms with Gasteiger partial charge in [-0.2, -0.15) is 0 Å². The number of nitrogens with zero attached hydrogens (tertiary/aromatic N) is 2. The smallest absolute Gasteiger partial charge is 0.126 e. The van der Waals surface area contributed by atoms with Crippen molar-refractivity contribution in [2.45, 2.75) is 0 Å². The van der Waals surface area contributed by atoms with Gasteiger partial charge >= 0.3 is 0 Å². The van der Waals surface area contributed by atoms with Gasteiger partial charge in [-0.15, -0.1) is 0 Å². The lowest BCUT2D eigenvalue weighted by atomic mass is 10.1. The monoisotopic (exact) mass is 296 g/mol. The lowest BCUT2D eigenvalue weighted by molar-refractivity contribution is 0.962. The van der Waals surface area contributed by atoms with Crippen LogP contribution in [-0.2, 0) is 7.05 Å². The van der Waals surface area contributed by atoms with Crippen LogP contribution in [0.2, 0.25) is 0 Å². The first-order valence-electron chi connectivity index (χ1n) is 7.88. The maximum atomic E-state index is 2.37. The summed E-state index contributed by atoms with van der Waals surface area (Å²) < 4.78 is 4.67. The fraction of sp³-hybridized carbons (Fsp3) is 0.0476. The molecule has 0 aliphatic rings. The van der Waals surface area contributed by atoms with Crippen LogP contribution in [0.25, 0.3) is 38.5 Å². The van der Waals surface area contributed by atoms with Crippen molar-refractivity contribution in [3.05, 3.63) is 78.9 Å². The zero-order valence-electron chi connectivity index (χ0n) is 12.9. The summed E-state index contributed by atoms with van der Waals surface area (Å²) in [5.74, 6) is 0. The van der Waals surface area contributed by atoms with Gasteiger partial charge in [0.1, 0.15) is 5.65 Å². The molecule has 0 saturated carbocycles. The third-order valence-electron chi connectivity index (χ3n) is 4.72. The Morgan fingerprint density at radius 3 is 1.91 bits per heavy atom. The summed E-state index contributed by atoms with van der Waals surface area (Å²) in [6.07, 6.45) is 0. The molecule has 23 heavy (non-hydrogen) atoms. The van der Waals surface area contributed by atoms with Crippen LogP contribution in [0.1, 0.15) is 0 Å². The average Bonchev–Trinajstić information content (AvgIpc) is 3.10. The number of rotatable bonds is 1. The predicted octanol–water partition coefficient (Wildman–Crippen LogP) is 5.28. The van der Waals surface area contributed by atoms with E-state index >= 15 is 0 Å². The number of hydrogen-bond acceptors (Lipinski definition) is 0. The highest BCUT2D eigenvalue weighted by atomic mass is 15.1. The Morgan fingerprint density at radius 2 is 1.17 bits per heavy atom. The van der Waals surface area contributed by atoms with E-state index in [-0.39, 0.29) is 0 Å². The van der Waals surface area contributed by atoms with Crippen molar-refractivity contribution < 1.29 is 0 Å². The molecule has 2 heteroatoms. The van der Waals surface area contributed by atoms with Crippen molar-refractivity contribution in [1.82, 2.24) is 9.13 Å². The lowest BCUT2D eigenvalue weighted by Gasteiger charge is -2.09. The second-order valence-corrected chi connectivity index (χ2v) is 5.96. The van der Waals surface area contributed by atoms with E-state index in [0.29, 0.717) is 0 Å². The van der Waals surface area contributed by atoms with Crippen molar-refractivity contribution in [3.63, 3.8) is 0 Å². The molecule has 110 valence electrons. The van der Waals surface area contributed by atoms with Crippen LogP contribution < -0.4 is 0 Å². The summed E-state index contributed by atoms with van der Waals surface area (Å²) in [5.41, 5.74) is 4.97. The van der Waals surface area contributed by atoms with Crippen molar-refractivity contribution >= 4 is 32.8 Å². The zero-order chi connectivity index (χ0) is 15.4. The molecule has 0 N–H and O–H groups in total. The third kappa shape index (κ3) is 1.58. The fourth-order valence-corrected chi connectivity index (χ4v) is 3.74. The summed E-state index contributed by atoms with van der Waals surface area (Å²) in [4.78, 5) is 0. The standard InChI is InChI=1S/C21H16N2/c1-22-18-13-7-5-11-16(18)20-17-12-6-8-14-19(17)23(21(20)22)15-9-3-2-4-10-15/h2-14H,1H3. The van der Waals surface area contributed by atoms with Crippen LogP contribution in [0.5, 0.6) is 0 Å². The number of hydrogen-bond donors (Lipinski definition) is 0. The fourth-order valence-electron chi connectivity index (χ4n) is 3.74. The summed E-state index contributed by atoms with van der Waals surface area (Å²) in [6, 6.07) is 27.9. The normalized spacial score (nSPS) is 11.7. The Balaban J connectivity index is 2.11. The number of fused-ring (bicyclic) bond motifs is 5. The van der Waals surface area contributed by atoms with Gasteiger partial charge in [-0.25, -0.2) is 0 Å². The van der Waals surface area contributed by atoms with E-state index in [1.165, 1.54) is 38.5 Å². The minimum atomic E-state index is 1.20. The van der Waals surface area contributed by atoms with Crippen LogP contribution in [-0.4, -0.2) is 9.13 Å². The van der Waals surface area contributed by atoms with Crippen molar-refractivity contribution in [2.75, 3.05) is 0 Å². The third-order valence-corrected chi connectivity index (χ3v) is 4.72. The molecule has 0 unspecified atom stereocenters. The topological polar surface area (TPSA) is 9.86 Å². The van der Waals surface area contributed by atoms with Gasteiger partial charge in [-0.1, -0.05) is 54.6 Å². The molecule has 0 spiro atoms. The van der Waals surface area contributed by atoms with Crippen LogP contribution in [0.4, 0.5) is 0 Å². The molecule has 5 aromatic rings. The van der Waals surface area contributed by atoms with Crippen molar-refractivity contribution in [1.29, 1.82) is 0 Å². The van der Waals surface area contributed by atoms with E-state index in [1.807, 2.05) is 0 Å². The molecule has 5 rings (SSSR count). The number of para-hydroxylation sites is 3. The molecule has 2 nitrogen and oxygen atoms in total. The van der Waals surface area contributed by atoms with E-state index in [2.05, 4.69) is 95.0 Å². The van der Waals surface area contributed by atoms with Crippen molar-refractivity contribution in [2.24, 2.45) is 7.05 Å². The molecule has 0 aliphatic heterocycles. The maximum Gasteiger partial charge on any atom is 0.126 e. The van der Waals surface area contributed by atoms with Crippen LogP contribution in [0.15, 0.2) is 78.9 Å². The Hall–Kier alpha value is -3.00. The molecule has 0 aliphatic carbocycles. The largest absolute Gasteiger partial charge is 0.329 e. The molecule has 3 aromatic carbocycles. The van der Waals surface area contributed by atoms with Crippen molar-refractivity contribution in [3.8, 4) is 5.69 Å². The number of aromatic nitrogens is 2. The summed E-state index contributed by atoms with van der Waals surface area (Å²) in [5, 5.41) is 3.96. The highest BCUT2D eigenvalue weighted by Gasteiger charge is 2.18. The highest BCUT2D eigenvalue weighted by molar-refractivity contribution is 6.21. The van der Waals surface area contributed by atoms with Gasteiger partial charge in [0.05, 0.1) is 11.0 Å². The minimum absolute atomic E-state index is 1.20. The van der Waals surface area contributed by atoms with Crippen LogP contribution in [0, 0.1) is 0 Å². The SMILES string of the molecule is Cn1c2ccccc2c2c3ccccc3n(-c3ccccc3)c21. The minimum Gasteiger partial charge on any atom is -0.329 e. The molecule has 0 bridgehead atoms. The van der Waals surface area contributed by atoms with E-state index in [0.717, 1.165) is 0 Å². The Labute approximate surface area is 134 Å². The molecule has 0 radical (unpaired) electrons. The Bertz CT molecular complexity index is 1160. The number of aryl methyl sites for hydroxylation is 1. The second kappa shape index (κ2) is 4.50. The molecular weight excluding hydrogens is 280 g/mol. The van der Waals surface area contributed by atoms with Crippen LogP contribution >= 0.6 is 0 Å².